The second-order valence-electron chi connectivity index (χ2n) is 6.36. The third-order valence-electron chi connectivity index (χ3n) is 4.40. The molecule has 2 aliphatic rings. The van der Waals surface area contributed by atoms with Crippen molar-refractivity contribution in [2.24, 2.45) is 0 Å². The second kappa shape index (κ2) is 4.80. The van der Waals surface area contributed by atoms with Gasteiger partial charge in [-0.2, -0.15) is 0 Å². The van der Waals surface area contributed by atoms with E-state index in [1.54, 1.807) is 0 Å². The Kier molecular flexibility index (Phi) is 3.27. The van der Waals surface area contributed by atoms with Crippen LogP contribution in [0.4, 0.5) is 0 Å². The average Bonchev–Trinajstić information content (AvgIpc) is 2.96. The molecule has 1 unspecified atom stereocenters. The lowest BCUT2D eigenvalue weighted by molar-refractivity contribution is 0.0899. The molecule has 1 fully saturated rings. The largest absolute Gasteiger partial charge is 0.486 e. The third kappa shape index (κ3) is 2.49. The predicted molar refractivity (Wildman–Crippen MR) is 77.3 cm³/mol. The van der Waals surface area contributed by atoms with Gasteiger partial charge in [-0.05, 0) is 32.4 Å². The Labute approximate surface area is 115 Å². The summed E-state index contributed by atoms with van der Waals surface area (Å²) in [6.07, 6.45) is 1.11. The molecule has 0 aromatic heterocycles. The second-order valence-corrected chi connectivity index (χ2v) is 6.36. The van der Waals surface area contributed by atoms with Crippen molar-refractivity contribution in [1.29, 1.82) is 0 Å². The van der Waals surface area contributed by atoms with Gasteiger partial charge in [-0.1, -0.05) is 12.1 Å². The Morgan fingerprint density at radius 1 is 1.32 bits per heavy atom. The number of benzene rings is 1. The minimum Gasteiger partial charge on any atom is -0.486 e. The van der Waals surface area contributed by atoms with Gasteiger partial charge in [0, 0.05) is 44.2 Å². The quantitative estimate of drug-likeness (QED) is 0.904. The zero-order valence-corrected chi connectivity index (χ0v) is 12.2. The summed E-state index contributed by atoms with van der Waals surface area (Å²) in [5.74, 6) is 1.08. The maximum absolute atomic E-state index is 6.40. The minimum absolute atomic E-state index is 0.0397. The first-order valence-corrected chi connectivity index (χ1v) is 7.32. The monoisotopic (exact) mass is 260 g/mol. The smallest absolute Gasteiger partial charge is 0.125 e. The minimum atomic E-state index is -0.0397. The zero-order valence-electron chi connectivity index (χ0n) is 12.2. The normalized spacial score (nSPS) is 26.9. The molecule has 1 atom stereocenters. The van der Waals surface area contributed by atoms with Crippen molar-refractivity contribution in [3.63, 3.8) is 0 Å². The lowest BCUT2D eigenvalue weighted by atomic mass is 10.0. The van der Waals surface area contributed by atoms with Crippen molar-refractivity contribution in [2.45, 2.75) is 51.9 Å². The fourth-order valence-electron chi connectivity index (χ4n) is 3.15. The predicted octanol–water partition coefficient (Wildman–Crippen LogP) is 2.54. The van der Waals surface area contributed by atoms with E-state index in [2.05, 4.69) is 49.2 Å². The topological polar surface area (TPSA) is 24.5 Å². The summed E-state index contributed by atoms with van der Waals surface area (Å²) in [5.41, 5.74) is 2.70. The molecule has 3 rings (SSSR count). The number of hydrogen-bond donors (Lipinski definition) is 1. The standard InChI is InChI=1S/C16H24N2O/c1-12(2)18-8-7-16(3,11-18)19-15-6-4-5-13-9-17-10-14(13)15/h4-6,12,17H,7-11H2,1-3H3. The van der Waals surface area contributed by atoms with E-state index in [9.17, 15) is 0 Å². The molecule has 0 spiro atoms. The molecule has 0 aliphatic carbocycles. The molecule has 0 amide bonds. The van der Waals surface area contributed by atoms with Crippen LogP contribution in [0.2, 0.25) is 0 Å². The molecule has 0 saturated carbocycles. The number of rotatable bonds is 3. The molecular formula is C16H24N2O. The van der Waals surface area contributed by atoms with Crippen LogP contribution < -0.4 is 10.1 Å². The molecule has 1 aromatic carbocycles. The van der Waals surface area contributed by atoms with Gasteiger partial charge in [-0.25, -0.2) is 0 Å². The van der Waals surface area contributed by atoms with Gasteiger partial charge in [-0.15, -0.1) is 0 Å². The Bertz CT molecular complexity index is 472. The van der Waals surface area contributed by atoms with Gasteiger partial charge in [0.2, 0.25) is 0 Å². The molecular weight excluding hydrogens is 236 g/mol. The first kappa shape index (κ1) is 12.9. The average molecular weight is 260 g/mol. The first-order valence-electron chi connectivity index (χ1n) is 7.32. The van der Waals surface area contributed by atoms with Crippen LogP contribution in [0.1, 0.15) is 38.3 Å². The van der Waals surface area contributed by atoms with Crippen LogP contribution >= 0.6 is 0 Å². The molecule has 104 valence electrons. The molecule has 0 radical (unpaired) electrons. The highest BCUT2D eigenvalue weighted by Gasteiger charge is 2.37. The van der Waals surface area contributed by atoms with Crippen LogP contribution in [0, 0.1) is 0 Å². The highest BCUT2D eigenvalue weighted by molar-refractivity contribution is 5.42. The Morgan fingerprint density at radius 3 is 2.89 bits per heavy atom. The molecule has 3 nitrogen and oxygen atoms in total. The van der Waals surface area contributed by atoms with E-state index >= 15 is 0 Å². The number of nitrogens with zero attached hydrogens (tertiary/aromatic N) is 1. The van der Waals surface area contributed by atoms with Crippen molar-refractivity contribution in [3.05, 3.63) is 29.3 Å². The van der Waals surface area contributed by atoms with Crippen molar-refractivity contribution in [2.75, 3.05) is 13.1 Å². The van der Waals surface area contributed by atoms with Crippen molar-refractivity contribution < 1.29 is 4.74 Å². The summed E-state index contributed by atoms with van der Waals surface area (Å²) in [7, 11) is 0. The fraction of sp³-hybridized carbons (Fsp3) is 0.625. The Hall–Kier alpha value is -1.06. The van der Waals surface area contributed by atoms with Crippen LogP contribution in [0.3, 0.4) is 0 Å². The van der Waals surface area contributed by atoms with Crippen LogP contribution in [0.15, 0.2) is 18.2 Å². The van der Waals surface area contributed by atoms with Crippen molar-refractivity contribution in [1.82, 2.24) is 10.2 Å². The summed E-state index contributed by atoms with van der Waals surface area (Å²) in [5, 5.41) is 3.40. The Morgan fingerprint density at radius 2 is 2.16 bits per heavy atom. The lowest BCUT2D eigenvalue weighted by Gasteiger charge is -2.28. The third-order valence-corrected chi connectivity index (χ3v) is 4.40. The van der Waals surface area contributed by atoms with Gasteiger partial charge in [0.25, 0.3) is 0 Å². The number of likely N-dealkylation sites (tertiary alicyclic amines) is 1. The van der Waals surface area contributed by atoms with Gasteiger partial charge in [0.15, 0.2) is 0 Å². The molecule has 1 aromatic rings. The maximum Gasteiger partial charge on any atom is 0.125 e. The number of fused-ring (bicyclic) bond motifs is 1. The summed E-state index contributed by atoms with van der Waals surface area (Å²) >= 11 is 0. The van der Waals surface area contributed by atoms with Crippen LogP contribution in [-0.2, 0) is 13.1 Å². The molecule has 3 heteroatoms. The number of ether oxygens (including phenoxy) is 1. The number of hydrogen-bond acceptors (Lipinski definition) is 3. The van der Waals surface area contributed by atoms with Gasteiger partial charge in [0.1, 0.15) is 11.4 Å². The van der Waals surface area contributed by atoms with Crippen LogP contribution in [-0.4, -0.2) is 29.6 Å². The van der Waals surface area contributed by atoms with E-state index in [1.165, 1.54) is 11.1 Å². The van der Waals surface area contributed by atoms with Crippen LogP contribution in [0.5, 0.6) is 5.75 Å². The molecule has 0 bridgehead atoms. The van der Waals surface area contributed by atoms with E-state index in [0.29, 0.717) is 6.04 Å². The first-order chi connectivity index (χ1) is 9.07. The molecule has 2 aliphatic heterocycles. The zero-order chi connectivity index (χ0) is 13.5. The van der Waals surface area contributed by atoms with Gasteiger partial charge in [0.05, 0.1) is 0 Å². The van der Waals surface area contributed by atoms with Gasteiger partial charge in [-0.3, -0.25) is 4.90 Å². The van der Waals surface area contributed by atoms with Gasteiger partial charge >= 0.3 is 0 Å². The lowest BCUT2D eigenvalue weighted by Crippen LogP contribution is -2.38. The molecule has 1 saturated heterocycles. The molecule has 19 heavy (non-hydrogen) atoms. The summed E-state index contributed by atoms with van der Waals surface area (Å²) in [4.78, 5) is 2.50. The van der Waals surface area contributed by atoms with Gasteiger partial charge < -0.3 is 10.1 Å². The SMILES string of the molecule is CC(C)N1CCC(C)(Oc2cccc3c2CNC3)C1. The summed E-state index contributed by atoms with van der Waals surface area (Å²) in [6.45, 7) is 10.9. The van der Waals surface area contributed by atoms with Crippen molar-refractivity contribution >= 4 is 0 Å². The highest BCUT2D eigenvalue weighted by Crippen LogP contribution is 2.33. The van der Waals surface area contributed by atoms with Crippen LogP contribution in [0.25, 0.3) is 0 Å². The molecule has 2 heterocycles. The van der Waals surface area contributed by atoms with E-state index in [1.807, 2.05) is 0 Å². The van der Waals surface area contributed by atoms with E-state index < -0.39 is 0 Å². The van der Waals surface area contributed by atoms with E-state index in [4.69, 9.17) is 4.74 Å². The van der Waals surface area contributed by atoms with Crippen molar-refractivity contribution in [3.8, 4) is 5.75 Å². The molecule has 1 N–H and O–H groups in total. The summed E-state index contributed by atoms with van der Waals surface area (Å²) < 4.78 is 6.40. The maximum atomic E-state index is 6.40. The van der Waals surface area contributed by atoms with E-state index in [0.717, 1.165) is 38.3 Å². The fourth-order valence-corrected chi connectivity index (χ4v) is 3.15. The Balaban J connectivity index is 1.77. The summed E-state index contributed by atoms with van der Waals surface area (Å²) in [6, 6.07) is 7.03. The van der Waals surface area contributed by atoms with E-state index in [-0.39, 0.29) is 5.60 Å². The number of nitrogens with one attached hydrogen (secondary N) is 1. The highest BCUT2D eigenvalue weighted by atomic mass is 16.5.